The highest BCUT2D eigenvalue weighted by atomic mass is 15.0. The summed E-state index contributed by atoms with van der Waals surface area (Å²) >= 11 is 0. The van der Waals surface area contributed by atoms with Crippen LogP contribution in [-0.2, 0) is 0 Å². The molecule has 1 aliphatic heterocycles. The zero-order chi connectivity index (χ0) is 10.8. The van der Waals surface area contributed by atoms with Crippen molar-refractivity contribution in [3.63, 3.8) is 0 Å². The van der Waals surface area contributed by atoms with Gasteiger partial charge in [0.15, 0.2) is 0 Å². The number of hydrogen-bond acceptors (Lipinski definition) is 4. The molecule has 15 heavy (non-hydrogen) atoms. The third-order valence-corrected chi connectivity index (χ3v) is 2.76. The van der Waals surface area contributed by atoms with Crippen LogP contribution in [0.2, 0.25) is 0 Å². The second-order valence-corrected chi connectivity index (χ2v) is 4.30. The number of rotatable bonds is 1. The van der Waals surface area contributed by atoms with Crippen LogP contribution in [0.1, 0.15) is 36.1 Å². The third kappa shape index (κ3) is 2.52. The first kappa shape index (κ1) is 10.5. The molecule has 1 aromatic rings. The molecule has 0 spiro atoms. The van der Waals surface area contributed by atoms with E-state index in [2.05, 4.69) is 15.3 Å². The molecular weight excluding hydrogens is 188 g/mol. The van der Waals surface area contributed by atoms with Gasteiger partial charge in [-0.1, -0.05) is 0 Å². The quantitative estimate of drug-likeness (QED) is 0.715. The van der Waals surface area contributed by atoms with Crippen LogP contribution < -0.4 is 11.1 Å². The highest BCUT2D eigenvalue weighted by molar-refractivity contribution is 5.11. The summed E-state index contributed by atoms with van der Waals surface area (Å²) in [5.41, 5.74) is 8.00. The molecule has 0 amide bonds. The highest BCUT2D eigenvalue weighted by Gasteiger charge is 2.22. The van der Waals surface area contributed by atoms with E-state index in [-0.39, 0.29) is 12.1 Å². The summed E-state index contributed by atoms with van der Waals surface area (Å²) in [5.74, 6) is 0.891. The zero-order valence-corrected chi connectivity index (χ0v) is 9.33. The normalized spacial score (nSPS) is 26.6. The maximum Gasteiger partial charge on any atom is 0.145 e. The molecule has 4 heteroatoms. The molecule has 0 bridgehead atoms. The Labute approximate surface area is 90.3 Å². The summed E-state index contributed by atoms with van der Waals surface area (Å²) in [5, 5.41) is 3.42. The average molecular weight is 206 g/mol. The molecule has 1 aromatic heterocycles. The molecule has 2 rings (SSSR count). The van der Waals surface area contributed by atoms with Crippen molar-refractivity contribution in [3.8, 4) is 0 Å². The summed E-state index contributed by atoms with van der Waals surface area (Å²) in [6.45, 7) is 4.96. The standard InChI is InChI=1S/C11H18N4/c1-7-5-8(2)15-11(14-7)10-6-9(12)3-4-13-10/h5,9-10,13H,3-4,6,12H2,1-2H3. The highest BCUT2D eigenvalue weighted by Crippen LogP contribution is 2.19. The van der Waals surface area contributed by atoms with E-state index < -0.39 is 0 Å². The molecule has 4 nitrogen and oxygen atoms in total. The smallest absolute Gasteiger partial charge is 0.145 e. The maximum atomic E-state index is 5.94. The van der Waals surface area contributed by atoms with Crippen molar-refractivity contribution < 1.29 is 0 Å². The van der Waals surface area contributed by atoms with Gasteiger partial charge in [-0.15, -0.1) is 0 Å². The summed E-state index contributed by atoms with van der Waals surface area (Å²) < 4.78 is 0. The van der Waals surface area contributed by atoms with E-state index in [0.717, 1.165) is 36.6 Å². The van der Waals surface area contributed by atoms with Crippen LogP contribution >= 0.6 is 0 Å². The van der Waals surface area contributed by atoms with Crippen LogP contribution in [0.25, 0.3) is 0 Å². The largest absolute Gasteiger partial charge is 0.328 e. The summed E-state index contributed by atoms with van der Waals surface area (Å²) in [6, 6.07) is 2.50. The predicted molar refractivity (Wildman–Crippen MR) is 59.5 cm³/mol. The fraction of sp³-hybridized carbons (Fsp3) is 0.636. The van der Waals surface area contributed by atoms with E-state index >= 15 is 0 Å². The first-order chi connectivity index (χ1) is 7.15. The van der Waals surface area contributed by atoms with Gasteiger partial charge in [0, 0.05) is 17.4 Å². The average Bonchev–Trinajstić information content (AvgIpc) is 2.16. The lowest BCUT2D eigenvalue weighted by atomic mass is 9.99. The number of aromatic nitrogens is 2. The molecule has 3 N–H and O–H groups in total. The molecule has 82 valence electrons. The molecular formula is C11H18N4. The van der Waals surface area contributed by atoms with Crippen molar-refractivity contribution in [1.82, 2.24) is 15.3 Å². The number of aryl methyl sites for hydroxylation is 2. The van der Waals surface area contributed by atoms with E-state index in [9.17, 15) is 0 Å². The van der Waals surface area contributed by atoms with Crippen LogP contribution in [-0.4, -0.2) is 22.6 Å². The van der Waals surface area contributed by atoms with Crippen LogP contribution in [0.15, 0.2) is 6.07 Å². The fourth-order valence-corrected chi connectivity index (χ4v) is 2.05. The van der Waals surface area contributed by atoms with Gasteiger partial charge in [0.1, 0.15) is 5.82 Å². The van der Waals surface area contributed by atoms with Crippen molar-refractivity contribution in [2.75, 3.05) is 6.54 Å². The van der Waals surface area contributed by atoms with E-state index in [1.54, 1.807) is 0 Å². The Morgan fingerprint density at radius 2 is 2.00 bits per heavy atom. The Morgan fingerprint density at radius 3 is 2.60 bits per heavy atom. The van der Waals surface area contributed by atoms with E-state index in [4.69, 9.17) is 5.73 Å². The van der Waals surface area contributed by atoms with Gasteiger partial charge in [-0.25, -0.2) is 9.97 Å². The van der Waals surface area contributed by atoms with Gasteiger partial charge in [-0.05, 0) is 39.3 Å². The SMILES string of the molecule is Cc1cc(C)nc(C2CC(N)CCN2)n1. The second-order valence-electron chi connectivity index (χ2n) is 4.30. The number of hydrogen-bond donors (Lipinski definition) is 2. The maximum absolute atomic E-state index is 5.94. The third-order valence-electron chi connectivity index (χ3n) is 2.76. The Morgan fingerprint density at radius 1 is 1.33 bits per heavy atom. The summed E-state index contributed by atoms with van der Waals surface area (Å²) in [6.07, 6.45) is 1.98. The van der Waals surface area contributed by atoms with Crippen LogP contribution in [0.4, 0.5) is 0 Å². The van der Waals surface area contributed by atoms with Crippen molar-refractivity contribution in [2.45, 2.75) is 38.8 Å². The Bertz CT molecular complexity index is 330. The lowest BCUT2D eigenvalue weighted by molar-refractivity contribution is 0.357. The van der Waals surface area contributed by atoms with Crippen LogP contribution in [0, 0.1) is 13.8 Å². The first-order valence-corrected chi connectivity index (χ1v) is 5.46. The van der Waals surface area contributed by atoms with E-state index in [0.29, 0.717) is 0 Å². The molecule has 1 aliphatic rings. The minimum absolute atomic E-state index is 0.229. The number of nitrogens with two attached hydrogens (primary N) is 1. The Kier molecular flexibility index (Phi) is 2.98. The van der Waals surface area contributed by atoms with Crippen molar-refractivity contribution in [3.05, 3.63) is 23.3 Å². The molecule has 2 heterocycles. The van der Waals surface area contributed by atoms with Crippen LogP contribution in [0.5, 0.6) is 0 Å². The zero-order valence-electron chi connectivity index (χ0n) is 9.33. The molecule has 0 aromatic carbocycles. The molecule has 1 saturated heterocycles. The molecule has 1 fully saturated rings. The molecule has 0 aliphatic carbocycles. The number of piperidine rings is 1. The van der Waals surface area contributed by atoms with Gasteiger partial charge in [-0.3, -0.25) is 0 Å². The summed E-state index contributed by atoms with van der Waals surface area (Å²) in [7, 11) is 0. The van der Waals surface area contributed by atoms with Crippen molar-refractivity contribution >= 4 is 0 Å². The van der Waals surface area contributed by atoms with Crippen molar-refractivity contribution in [2.24, 2.45) is 5.73 Å². The Hall–Kier alpha value is -1.00. The molecule has 0 radical (unpaired) electrons. The first-order valence-electron chi connectivity index (χ1n) is 5.46. The number of nitrogens with zero attached hydrogens (tertiary/aromatic N) is 2. The minimum atomic E-state index is 0.229. The predicted octanol–water partition coefficient (Wildman–Crippen LogP) is 0.845. The van der Waals surface area contributed by atoms with Gasteiger partial charge in [0.25, 0.3) is 0 Å². The lowest BCUT2D eigenvalue weighted by Crippen LogP contribution is -2.39. The molecule has 2 unspecified atom stereocenters. The lowest BCUT2D eigenvalue weighted by Gasteiger charge is -2.27. The van der Waals surface area contributed by atoms with Crippen LogP contribution in [0.3, 0.4) is 0 Å². The number of nitrogens with one attached hydrogen (secondary N) is 1. The van der Waals surface area contributed by atoms with Gasteiger partial charge in [0.2, 0.25) is 0 Å². The Balaban J connectivity index is 2.20. The van der Waals surface area contributed by atoms with Gasteiger partial charge in [0.05, 0.1) is 6.04 Å². The van der Waals surface area contributed by atoms with Crippen molar-refractivity contribution in [1.29, 1.82) is 0 Å². The summed E-state index contributed by atoms with van der Waals surface area (Å²) in [4.78, 5) is 8.93. The van der Waals surface area contributed by atoms with Gasteiger partial charge < -0.3 is 11.1 Å². The van der Waals surface area contributed by atoms with Gasteiger partial charge in [-0.2, -0.15) is 0 Å². The molecule has 2 atom stereocenters. The monoisotopic (exact) mass is 206 g/mol. The van der Waals surface area contributed by atoms with E-state index in [1.165, 1.54) is 0 Å². The molecule has 0 saturated carbocycles. The minimum Gasteiger partial charge on any atom is -0.328 e. The van der Waals surface area contributed by atoms with E-state index in [1.807, 2.05) is 19.9 Å². The fourth-order valence-electron chi connectivity index (χ4n) is 2.05. The second kappa shape index (κ2) is 4.24. The topological polar surface area (TPSA) is 63.8 Å². The van der Waals surface area contributed by atoms with Gasteiger partial charge >= 0.3 is 0 Å².